The maximum absolute atomic E-state index is 10.8. The van der Waals surface area contributed by atoms with Crippen molar-refractivity contribution in [2.45, 2.75) is 25.4 Å². The molecule has 0 spiro atoms. The van der Waals surface area contributed by atoms with Gasteiger partial charge in [-0.05, 0) is 12.8 Å². The molecule has 0 heterocycles. The predicted octanol–water partition coefficient (Wildman–Crippen LogP) is -1.42. The molecule has 8 heteroatoms. The van der Waals surface area contributed by atoms with Crippen LogP contribution in [0.4, 0.5) is 0 Å². The number of carbonyl (C=O) groups is 2. The van der Waals surface area contributed by atoms with Gasteiger partial charge in [0, 0.05) is 13.0 Å². The maximum Gasteiger partial charge on any atom is 0.309 e. The molecular formula is C9H17N3O5. The minimum atomic E-state index is -1.23. The molecular weight excluding hydrogens is 230 g/mol. The number of carboxylic acids is 2. The van der Waals surface area contributed by atoms with E-state index in [1.165, 1.54) is 0 Å². The van der Waals surface area contributed by atoms with E-state index in [4.69, 9.17) is 21.7 Å². The number of aliphatic carboxylic acids is 2. The summed E-state index contributed by atoms with van der Waals surface area (Å²) < 4.78 is 0. The molecule has 0 aliphatic rings. The molecule has 0 aliphatic heterocycles. The van der Waals surface area contributed by atoms with Gasteiger partial charge in [0.05, 0.1) is 12.0 Å². The Morgan fingerprint density at radius 2 is 1.76 bits per heavy atom. The molecule has 7 N–H and O–H groups in total. The van der Waals surface area contributed by atoms with Crippen molar-refractivity contribution in [3.63, 3.8) is 0 Å². The summed E-state index contributed by atoms with van der Waals surface area (Å²) in [6.45, 7) is 0.0976. The number of aliphatic hydroxyl groups excluding tert-OH is 1. The third-order valence-electron chi connectivity index (χ3n) is 2.17. The van der Waals surface area contributed by atoms with Crippen LogP contribution in [0.5, 0.6) is 0 Å². The predicted molar refractivity (Wildman–Crippen MR) is 59.3 cm³/mol. The molecule has 0 radical (unpaired) electrons. The zero-order valence-electron chi connectivity index (χ0n) is 9.24. The van der Waals surface area contributed by atoms with Crippen LogP contribution in [-0.2, 0) is 9.59 Å². The summed E-state index contributed by atoms with van der Waals surface area (Å²) in [6.07, 6.45) is -1.55. The minimum Gasteiger partial charge on any atom is -0.481 e. The number of aliphatic hydroxyl groups is 1. The molecule has 0 rings (SSSR count). The Kier molecular flexibility index (Phi) is 6.64. The van der Waals surface area contributed by atoms with Gasteiger partial charge in [-0.1, -0.05) is 0 Å². The van der Waals surface area contributed by atoms with Gasteiger partial charge in [-0.3, -0.25) is 14.6 Å². The van der Waals surface area contributed by atoms with Gasteiger partial charge in [0.15, 0.2) is 5.96 Å². The quantitative estimate of drug-likeness (QED) is 0.260. The summed E-state index contributed by atoms with van der Waals surface area (Å²) >= 11 is 0. The van der Waals surface area contributed by atoms with Crippen molar-refractivity contribution >= 4 is 17.9 Å². The van der Waals surface area contributed by atoms with E-state index in [9.17, 15) is 14.7 Å². The van der Waals surface area contributed by atoms with E-state index < -0.39 is 24.0 Å². The van der Waals surface area contributed by atoms with E-state index in [0.29, 0.717) is 0 Å². The zero-order valence-corrected chi connectivity index (χ0v) is 9.24. The Morgan fingerprint density at radius 3 is 2.18 bits per heavy atom. The Morgan fingerprint density at radius 1 is 1.18 bits per heavy atom. The van der Waals surface area contributed by atoms with Crippen LogP contribution in [-0.4, -0.2) is 45.9 Å². The van der Waals surface area contributed by atoms with Crippen LogP contribution in [0, 0.1) is 5.92 Å². The standard InChI is InChI=1S/C9H17N3O5/c10-9(11)12-4-3-6(13)5(8(16)17)1-2-7(14)15/h5-6,13H,1-4H2,(H,14,15)(H,16,17)(H4,10,11,12). The molecule has 0 saturated heterocycles. The maximum atomic E-state index is 10.8. The summed E-state index contributed by atoms with van der Waals surface area (Å²) in [5.41, 5.74) is 10.1. The second kappa shape index (κ2) is 7.44. The van der Waals surface area contributed by atoms with E-state index in [1.807, 2.05) is 0 Å². The minimum absolute atomic E-state index is 0.0640. The average Bonchev–Trinajstić information content (AvgIpc) is 2.16. The lowest BCUT2D eigenvalue weighted by atomic mass is 9.95. The van der Waals surface area contributed by atoms with Gasteiger partial charge in [0.25, 0.3) is 0 Å². The molecule has 0 aliphatic carbocycles. The molecule has 2 atom stereocenters. The number of hydrogen-bond acceptors (Lipinski definition) is 4. The van der Waals surface area contributed by atoms with Crippen molar-refractivity contribution in [2.75, 3.05) is 6.54 Å². The summed E-state index contributed by atoms with van der Waals surface area (Å²) in [7, 11) is 0. The van der Waals surface area contributed by atoms with Crippen molar-refractivity contribution < 1.29 is 24.9 Å². The first kappa shape index (κ1) is 15.2. The van der Waals surface area contributed by atoms with Crippen molar-refractivity contribution in [3.05, 3.63) is 0 Å². The number of rotatable bonds is 8. The first-order valence-corrected chi connectivity index (χ1v) is 5.02. The van der Waals surface area contributed by atoms with Gasteiger partial charge in [0.1, 0.15) is 0 Å². The zero-order chi connectivity index (χ0) is 13.4. The van der Waals surface area contributed by atoms with Crippen LogP contribution in [0.1, 0.15) is 19.3 Å². The lowest BCUT2D eigenvalue weighted by Gasteiger charge is -2.17. The van der Waals surface area contributed by atoms with Gasteiger partial charge >= 0.3 is 11.9 Å². The van der Waals surface area contributed by atoms with Gasteiger partial charge in [-0.15, -0.1) is 0 Å². The number of carboxylic acid groups (broad SMARTS) is 2. The van der Waals surface area contributed by atoms with Crippen LogP contribution < -0.4 is 11.5 Å². The highest BCUT2D eigenvalue weighted by Gasteiger charge is 2.26. The molecule has 2 unspecified atom stereocenters. The van der Waals surface area contributed by atoms with Gasteiger partial charge in [-0.2, -0.15) is 0 Å². The van der Waals surface area contributed by atoms with Crippen LogP contribution in [0.15, 0.2) is 4.99 Å². The van der Waals surface area contributed by atoms with Crippen molar-refractivity contribution in [2.24, 2.45) is 22.4 Å². The second-order valence-corrected chi connectivity index (χ2v) is 3.54. The molecule has 0 saturated carbocycles. The van der Waals surface area contributed by atoms with Gasteiger partial charge in [-0.25, -0.2) is 0 Å². The van der Waals surface area contributed by atoms with Gasteiger partial charge < -0.3 is 26.8 Å². The molecule has 8 nitrogen and oxygen atoms in total. The first-order valence-electron chi connectivity index (χ1n) is 5.02. The largest absolute Gasteiger partial charge is 0.481 e. The third kappa shape index (κ3) is 7.12. The normalized spacial score (nSPS) is 13.7. The summed E-state index contributed by atoms with van der Waals surface area (Å²) in [4.78, 5) is 24.7. The fourth-order valence-electron chi connectivity index (χ4n) is 1.29. The smallest absolute Gasteiger partial charge is 0.309 e. The van der Waals surface area contributed by atoms with Crippen LogP contribution in [0.3, 0.4) is 0 Å². The summed E-state index contributed by atoms with van der Waals surface area (Å²) in [6, 6.07) is 0. The number of aliphatic imine (C=N–C) groups is 1. The van der Waals surface area contributed by atoms with E-state index in [1.54, 1.807) is 0 Å². The van der Waals surface area contributed by atoms with E-state index in [2.05, 4.69) is 4.99 Å². The fourth-order valence-corrected chi connectivity index (χ4v) is 1.29. The lowest BCUT2D eigenvalue weighted by Crippen LogP contribution is -2.30. The number of nitrogens with two attached hydrogens (primary N) is 2. The highest BCUT2D eigenvalue weighted by Crippen LogP contribution is 2.15. The Hall–Kier alpha value is -1.83. The average molecular weight is 247 g/mol. The Balaban J connectivity index is 4.24. The van der Waals surface area contributed by atoms with Crippen LogP contribution >= 0.6 is 0 Å². The van der Waals surface area contributed by atoms with Crippen LogP contribution in [0.2, 0.25) is 0 Å². The molecule has 0 bridgehead atoms. The Labute approximate surface area is 97.9 Å². The second-order valence-electron chi connectivity index (χ2n) is 3.54. The SMILES string of the molecule is NC(N)=NCCC(O)C(CCC(=O)O)C(=O)O. The van der Waals surface area contributed by atoms with E-state index in [-0.39, 0.29) is 31.8 Å². The summed E-state index contributed by atoms with van der Waals surface area (Å²) in [5, 5.41) is 26.9. The third-order valence-corrected chi connectivity index (χ3v) is 2.17. The fraction of sp³-hybridized carbons (Fsp3) is 0.667. The summed E-state index contributed by atoms with van der Waals surface area (Å²) in [5.74, 6) is -3.61. The molecule has 0 aromatic carbocycles. The number of hydrogen-bond donors (Lipinski definition) is 5. The molecule has 0 aromatic heterocycles. The molecule has 17 heavy (non-hydrogen) atoms. The monoisotopic (exact) mass is 247 g/mol. The number of guanidine groups is 1. The van der Waals surface area contributed by atoms with Crippen molar-refractivity contribution in [1.29, 1.82) is 0 Å². The van der Waals surface area contributed by atoms with Crippen molar-refractivity contribution in [1.82, 2.24) is 0 Å². The van der Waals surface area contributed by atoms with Crippen molar-refractivity contribution in [3.8, 4) is 0 Å². The van der Waals surface area contributed by atoms with Gasteiger partial charge in [0.2, 0.25) is 0 Å². The lowest BCUT2D eigenvalue weighted by molar-refractivity contribution is -0.147. The van der Waals surface area contributed by atoms with E-state index in [0.717, 1.165) is 0 Å². The number of nitrogens with zero attached hydrogens (tertiary/aromatic N) is 1. The highest BCUT2D eigenvalue weighted by atomic mass is 16.4. The highest BCUT2D eigenvalue weighted by molar-refractivity contribution is 5.75. The molecule has 98 valence electrons. The van der Waals surface area contributed by atoms with E-state index >= 15 is 0 Å². The molecule has 0 aromatic rings. The molecule has 0 fully saturated rings. The first-order chi connectivity index (χ1) is 7.84. The van der Waals surface area contributed by atoms with Crippen LogP contribution in [0.25, 0.3) is 0 Å². The Bertz CT molecular complexity index is 301. The topological polar surface area (TPSA) is 159 Å². The molecule has 0 amide bonds.